The molecule has 136 valence electrons. The molecule has 1 heterocycles. The Labute approximate surface area is 164 Å². The largest absolute Gasteiger partial charge is 0.454 e. The van der Waals surface area contributed by atoms with Crippen LogP contribution in [0.5, 0.6) is 0 Å². The molecule has 0 fully saturated rings. The van der Waals surface area contributed by atoms with Gasteiger partial charge in [0.1, 0.15) is 10.5 Å². The van der Waals surface area contributed by atoms with Crippen LogP contribution >= 0.6 is 23.2 Å². The summed E-state index contributed by atoms with van der Waals surface area (Å²) in [6.07, 6.45) is 0. The van der Waals surface area contributed by atoms with Crippen molar-refractivity contribution in [3.8, 4) is 0 Å². The lowest BCUT2D eigenvalue weighted by Crippen LogP contribution is -2.14. The molecule has 5 nitrogen and oxygen atoms in total. The van der Waals surface area contributed by atoms with Crippen LogP contribution in [0, 0.1) is 0 Å². The fourth-order valence-electron chi connectivity index (χ4n) is 2.79. The summed E-state index contributed by atoms with van der Waals surface area (Å²) in [5, 5.41) is 0.947. The summed E-state index contributed by atoms with van der Waals surface area (Å²) >= 11 is 11.9. The maximum absolute atomic E-state index is 12.8. The Bertz CT molecular complexity index is 1360. The molecule has 0 amide bonds. The van der Waals surface area contributed by atoms with Crippen molar-refractivity contribution in [3.63, 3.8) is 0 Å². The first-order valence-corrected chi connectivity index (χ1v) is 10.0. The lowest BCUT2D eigenvalue weighted by atomic mass is 10.1. The zero-order valence-corrected chi connectivity index (χ0v) is 15.9. The number of anilines is 1. The minimum atomic E-state index is -4.05. The highest BCUT2D eigenvalue weighted by atomic mass is 35.5. The van der Waals surface area contributed by atoms with Crippen LogP contribution < -0.4 is 10.2 Å². The molecule has 4 aromatic rings. The number of fused-ring (bicyclic) bond motifs is 2. The van der Waals surface area contributed by atoms with Crippen LogP contribution in [0.15, 0.2) is 74.8 Å². The SMILES string of the molecule is O=c1c2ccccc2oc2c(NS(=O)(=O)c3cc(Cl)ccc3Cl)cccc12. The quantitative estimate of drug-likeness (QED) is 0.471. The summed E-state index contributed by atoms with van der Waals surface area (Å²) in [7, 11) is -4.05. The van der Waals surface area contributed by atoms with Gasteiger partial charge in [0.15, 0.2) is 5.58 Å². The summed E-state index contributed by atoms with van der Waals surface area (Å²) in [6, 6.07) is 15.6. The van der Waals surface area contributed by atoms with Crippen LogP contribution in [0.25, 0.3) is 21.9 Å². The second-order valence-corrected chi connectivity index (χ2v) is 8.28. The third kappa shape index (κ3) is 3.16. The minimum Gasteiger partial charge on any atom is -0.454 e. The third-order valence-corrected chi connectivity index (χ3v) is 6.11. The molecule has 0 aliphatic rings. The number of halogens is 2. The van der Waals surface area contributed by atoms with E-state index in [0.717, 1.165) is 0 Å². The Morgan fingerprint density at radius 3 is 2.44 bits per heavy atom. The zero-order chi connectivity index (χ0) is 19.2. The highest BCUT2D eigenvalue weighted by molar-refractivity contribution is 7.92. The second-order valence-electron chi connectivity index (χ2n) is 5.79. The number of sulfonamides is 1. The van der Waals surface area contributed by atoms with E-state index in [-0.39, 0.29) is 37.0 Å². The van der Waals surface area contributed by atoms with Crippen LogP contribution in [0.3, 0.4) is 0 Å². The first kappa shape index (κ1) is 17.9. The van der Waals surface area contributed by atoms with Gasteiger partial charge in [-0.05, 0) is 42.5 Å². The molecule has 1 aromatic heterocycles. The van der Waals surface area contributed by atoms with Gasteiger partial charge in [0.2, 0.25) is 5.43 Å². The van der Waals surface area contributed by atoms with E-state index < -0.39 is 10.0 Å². The van der Waals surface area contributed by atoms with E-state index in [1.165, 1.54) is 24.3 Å². The van der Waals surface area contributed by atoms with Gasteiger partial charge in [-0.25, -0.2) is 8.42 Å². The summed E-state index contributed by atoms with van der Waals surface area (Å²) in [6.45, 7) is 0. The Morgan fingerprint density at radius 1 is 0.889 bits per heavy atom. The van der Waals surface area contributed by atoms with Gasteiger partial charge >= 0.3 is 0 Å². The number of nitrogens with one attached hydrogen (secondary N) is 1. The first-order valence-electron chi connectivity index (χ1n) is 7.79. The monoisotopic (exact) mass is 419 g/mol. The average Bonchev–Trinajstić information content (AvgIpc) is 2.64. The lowest BCUT2D eigenvalue weighted by molar-refractivity contribution is 0.601. The number of hydrogen-bond acceptors (Lipinski definition) is 4. The summed E-state index contributed by atoms with van der Waals surface area (Å²) < 4.78 is 33.8. The molecule has 3 aromatic carbocycles. The van der Waals surface area contributed by atoms with E-state index in [4.69, 9.17) is 27.6 Å². The van der Waals surface area contributed by atoms with Crippen molar-refractivity contribution < 1.29 is 12.8 Å². The lowest BCUT2D eigenvalue weighted by Gasteiger charge is -2.12. The van der Waals surface area contributed by atoms with Crippen LogP contribution in [0.1, 0.15) is 0 Å². The van der Waals surface area contributed by atoms with Gasteiger partial charge in [0.05, 0.1) is 21.5 Å². The maximum atomic E-state index is 12.8. The van der Waals surface area contributed by atoms with Crippen molar-refractivity contribution in [2.45, 2.75) is 4.90 Å². The van der Waals surface area contributed by atoms with Crippen molar-refractivity contribution in [1.29, 1.82) is 0 Å². The highest BCUT2D eigenvalue weighted by Gasteiger charge is 2.21. The van der Waals surface area contributed by atoms with Gasteiger partial charge in [-0.15, -0.1) is 0 Å². The molecular formula is C19H11Cl2NO4S. The van der Waals surface area contributed by atoms with Crippen molar-refractivity contribution in [1.82, 2.24) is 0 Å². The molecule has 0 bridgehead atoms. The minimum absolute atomic E-state index is 0.0269. The molecule has 0 radical (unpaired) electrons. The molecule has 0 saturated heterocycles. The summed E-state index contributed by atoms with van der Waals surface area (Å²) in [5.41, 5.74) is 0.394. The summed E-state index contributed by atoms with van der Waals surface area (Å²) in [4.78, 5) is 12.5. The second kappa shape index (κ2) is 6.56. The number of benzene rings is 3. The van der Waals surface area contributed by atoms with Crippen molar-refractivity contribution >= 4 is 60.9 Å². The normalized spacial score (nSPS) is 11.8. The Morgan fingerprint density at radius 2 is 1.63 bits per heavy atom. The van der Waals surface area contributed by atoms with E-state index in [9.17, 15) is 13.2 Å². The molecule has 0 unspecified atom stereocenters. The molecule has 8 heteroatoms. The first-order chi connectivity index (χ1) is 12.9. The Kier molecular flexibility index (Phi) is 4.34. The fraction of sp³-hybridized carbons (Fsp3) is 0. The molecule has 0 atom stereocenters. The average molecular weight is 420 g/mol. The molecule has 27 heavy (non-hydrogen) atoms. The van der Waals surface area contributed by atoms with E-state index in [1.54, 1.807) is 36.4 Å². The molecule has 0 aliphatic carbocycles. The Hall–Kier alpha value is -2.54. The van der Waals surface area contributed by atoms with E-state index in [2.05, 4.69) is 4.72 Å². The molecule has 0 spiro atoms. The van der Waals surface area contributed by atoms with Gasteiger partial charge in [0, 0.05) is 5.02 Å². The highest BCUT2D eigenvalue weighted by Crippen LogP contribution is 2.30. The van der Waals surface area contributed by atoms with E-state index in [1.807, 2.05) is 0 Å². The van der Waals surface area contributed by atoms with Crippen molar-refractivity contribution in [2.75, 3.05) is 4.72 Å². The van der Waals surface area contributed by atoms with Crippen molar-refractivity contribution in [3.05, 3.63) is 80.9 Å². The third-order valence-electron chi connectivity index (χ3n) is 4.03. The van der Waals surface area contributed by atoms with Gasteiger partial charge in [-0.1, -0.05) is 41.4 Å². The fourth-order valence-corrected chi connectivity index (χ4v) is 4.61. The Balaban J connectivity index is 1.92. The van der Waals surface area contributed by atoms with Crippen LogP contribution in [-0.4, -0.2) is 8.42 Å². The van der Waals surface area contributed by atoms with Gasteiger partial charge < -0.3 is 4.42 Å². The van der Waals surface area contributed by atoms with Gasteiger partial charge in [0.25, 0.3) is 10.0 Å². The number of para-hydroxylation sites is 2. The van der Waals surface area contributed by atoms with Gasteiger partial charge in [-0.2, -0.15) is 0 Å². The van der Waals surface area contributed by atoms with Gasteiger partial charge in [-0.3, -0.25) is 9.52 Å². The topological polar surface area (TPSA) is 76.4 Å². The van der Waals surface area contributed by atoms with Crippen LogP contribution in [0.4, 0.5) is 5.69 Å². The van der Waals surface area contributed by atoms with E-state index >= 15 is 0 Å². The molecule has 4 rings (SSSR count). The molecule has 0 saturated carbocycles. The summed E-state index contributed by atoms with van der Waals surface area (Å²) in [5.74, 6) is 0. The van der Waals surface area contributed by atoms with Crippen LogP contribution in [0.2, 0.25) is 10.0 Å². The predicted molar refractivity (Wildman–Crippen MR) is 107 cm³/mol. The maximum Gasteiger partial charge on any atom is 0.263 e. The number of hydrogen-bond donors (Lipinski definition) is 1. The zero-order valence-electron chi connectivity index (χ0n) is 13.6. The van der Waals surface area contributed by atoms with Crippen LogP contribution in [-0.2, 0) is 10.0 Å². The smallest absolute Gasteiger partial charge is 0.263 e. The standard InChI is InChI=1S/C19H11Cl2NO4S/c20-11-8-9-14(21)17(10-11)27(24,25)22-15-6-3-5-13-18(23)12-4-1-2-7-16(12)26-19(13)15/h1-10,22H. The molecule has 1 N–H and O–H groups in total. The number of rotatable bonds is 3. The van der Waals surface area contributed by atoms with Crippen molar-refractivity contribution in [2.24, 2.45) is 0 Å². The molecular weight excluding hydrogens is 409 g/mol. The predicted octanol–water partition coefficient (Wildman–Crippen LogP) is 5.05. The van der Waals surface area contributed by atoms with E-state index in [0.29, 0.717) is 11.0 Å². The molecule has 0 aliphatic heterocycles.